The van der Waals surface area contributed by atoms with Gasteiger partial charge in [-0.3, -0.25) is 0 Å². The van der Waals surface area contributed by atoms with Crippen LogP contribution in [0.15, 0.2) is 24.3 Å². The molecule has 0 saturated heterocycles. The first-order valence-electron chi connectivity index (χ1n) is 6.74. The largest absolute Gasteiger partial charge is 0.480 e. The number of aromatic carboxylic acids is 1. The van der Waals surface area contributed by atoms with Crippen molar-refractivity contribution in [1.29, 1.82) is 0 Å². The van der Waals surface area contributed by atoms with E-state index in [9.17, 15) is 9.90 Å². The smallest absolute Gasteiger partial charge is 0.343 e. The number of carboxylic acids is 1. The predicted octanol–water partition coefficient (Wildman–Crippen LogP) is 3.19. The molecule has 21 heavy (non-hydrogen) atoms. The summed E-state index contributed by atoms with van der Waals surface area (Å²) in [4.78, 5) is 11.6. The van der Waals surface area contributed by atoms with E-state index in [1.807, 2.05) is 52.0 Å². The second-order valence-electron chi connectivity index (χ2n) is 5.99. The Hall–Kier alpha value is -2.30. The molecule has 0 saturated carbocycles. The van der Waals surface area contributed by atoms with Gasteiger partial charge in [0.1, 0.15) is 5.56 Å². The summed E-state index contributed by atoms with van der Waals surface area (Å²) in [7, 11) is 1.46. The molecule has 1 aromatic carbocycles. The molecule has 1 N–H and O–H groups in total. The molecule has 112 valence electrons. The summed E-state index contributed by atoms with van der Waals surface area (Å²) in [5.41, 5.74) is 2.04. The highest BCUT2D eigenvalue weighted by Gasteiger charge is 2.32. The molecule has 0 fully saturated rings. The maximum Gasteiger partial charge on any atom is 0.343 e. The molecular weight excluding hydrogens is 268 g/mol. The molecule has 1 aromatic heterocycles. The number of ether oxygens (including phenoxy) is 1. The van der Waals surface area contributed by atoms with Crippen molar-refractivity contribution in [3.8, 4) is 11.6 Å². The lowest BCUT2D eigenvalue weighted by Gasteiger charge is -2.15. The van der Waals surface area contributed by atoms with Gasteiger partial charge in [0.15, 0.2) is 0 Å². The number of carbonyl (C=O) groups is 1. The third-order valence-corrected chi connectivity index (χ3v) is 3.30. The van der Waals surface area contributed by atoms with Crippen LogP contribution in [0.25, 0.3) is 5.69 Å². The summed E-state index contributed by atoms with van der Waals surface area (Å²) in [6.45, 7) is 7.75. The Morgan fingerprint density at radius 3 is 2.38 bits per heavy atom. The van der Waals surface area contributed by atoms with Crippen molar-refractivity contribution in [2.75, 3.05) is 7.11 Å². The van der Waals surface area contributed by atoms with Gasteiger partial charge in [-0.1, -0.05) is 39.0 Å². The fourth-order valence-electron chi connectivity index (χ4n) is 2.27. The molecule has 1 heterocycles. The lowest BCUT2D eigenvalue weighted by molar-refractivity contribution is 0.0690. The molecule has 2 aromatic rings. The molecule has 5 heteroatoms. The second kappa shape index (κ2) is 5.24. The maximum atomic E-state index is 11.6. The van der Waals surface area contributed by atoms with E-state index in [1.54, 1.807) is 4.68 Å². The van der Waals surface area contributed by atoms with E-state index in [0.717, 1.165) is 11.3 Å². The van der Waals surface area contributed by atoms with Crippen LogP contribution in [0, 0.1) is 6.92 Å². The van der Waals surface area contributed by atoms with E-state index >= 15 is 0 Å². The Morgan fingerprint density at radius 1 is 1.29 bits per heavy atom. The van der Waals surface area contributed by atoms with Gasteiger partial charge in [0, 0.05) is 5.41 Å². The van der Waals surface area contributed by atoms with Crippen molar-refractivity contribution in [3.63, 3.8) is 0 Å². The van der Waals surface area contributed by atoms with E-state index in [1.165, 1.54) is 7.11 Å². The number of methoxy groups -OCH3 is 1. The molecule has 0 spiro atoms. The third kappa shape index (κ3) is 2.63. The zero-order valence-electron chi connectivity index (χ0n) is 13.0. The maximum absolute atomic E-state index is 11.6. The average Bonchev–Trinajstić information content (AvgIpc) is 2.78. The standard InChI is InChI=1S/C16H20N2O3/c1-10-8-6-7-9-11(10)18-14(21-5)12(15(19)20)13(17-18)16(2,3)4/h6-9H,1-5H3,(H,19,20). The van der Waals surface area contributed by atoms with Crippen LogP contribution in [0.2, 0.25) is 0 Å². The molecule has 0 amide bonds. The summed E-state index contributed by atoms with van der Waals surface area (Å²) in [5, 5.41) is 14.1. The minimum absolute atomic E-state index is 0.119. The number of nitrogens with zero attached hydrogens (tertiary/aromatic N) is 2. The molecule has 0 radical (unpaired) electrons. The van der Waals surface area contributed by atoms with Gasteiger partial charge in [-0.05, 0) is 18.6 Å². The fourth-order valence-corrected chi connectivity index (χ4v) is 2.27. The van der Waals surface area contributed by atoms with E-state index < -0.39 is 11.4 Å². The number of para-hydroxylation sites is 1. The summed E-state index contributed by atoms with van der Waals surface area (Å²) in [5.74, 6) is -0.779. The van der Waals surface area contributed by atoms with Crippen LogP contribution in [0.3, 0.4) is 0 Å². The zero-order valence-corrected chi connectivity index (χ0v) is 13.0. The van der Waals surface area contributed by atoms with Gasteiger partial charge in [-0.15, -0.1) is 0 Å². The number of carboxylic acid groups (broad SMARTS) is 1. The summed E-state index contributed by atoms with van der Waals surface area (Å²) >= 11 is 0. The van der Waals surface area contributed by atoms with Crippen LogP contribution in [-0.2, 0) is 5.41 Å². The van der Waals surface area contributed by atoms with Crippen LogP contribution in [0.4, 0.5) is 0 Å². The Bertz CT molecular complexity index is 681. The minimum atomic E-state index is -1.03. The Labute approximate surface area is 124 Å². The topological polar surface area (TPSA) is 64.3 Å². The second-order valence-corrected chi connectivity index (χ2v) is 5.99. The van der Waals surface area contributed by atoms with Gasteiger partial charge < -0.3 is 9.84 Å². The van der Waals surface area contributed by atoms with Gasteiger partial charge in [0.05, 0.1) is 18.5 Å². The van der Waals surface area contributed by atoms with Gasteiger partial charge in [-0.2, -0.15) is 9.78 Å². The summed E-state index contributed by atoms with van der Waals surface area (Å²) < 4.78 is 6.91. The highest BCUT2D eigenvalue weighted by atomic mass is 16.5. The highest BCUT2D eigenvalue weighted by Crippen LogP contribution is 2.33. The number of aromatic nitrogens is 2. The van der Waals surface area contributed by atoms with Crippen LogP contribution < -0.4 is 4.74 Å². The Morgan fingerprint density at radius 2 is 1.90 bits per heavy atom. The lowest BCUT2D eigenvalue weighted by Crippen LogP contribution is -2.17. The third-order valence-electron chi connectivity index (χ3n) is 3.30. The van der Waals surface area contributed by atoms with Crippen LogP contribution in [0.5, 0.6) is 5.88 Å². The van der Waals surface area contributed by atoms with E-state index in [2.05, 4.69) is 5.10 Å². The molecule has 0 unspecified atom stereocenters. The first-order valence-corrected chi connectivity index (χ1v) is 6.74. The number of benzene rings is 1. The Kier molecular flexibility index (Phi) is 3.77. The van der Waals surface area contributed by atoms with E-state index in [-0.39, 0.29) is 11.4 Å². The number of hydrogen-bond acceptors (Lipinski definition) is 3. The van der Waals surface area contributed by atoms with Crippen molar-refractivity contribution < 1.29 is 14.6 Å². The highest BCUT2D eigenvalue weighted by molar-refractivity contribution is 5.92. The normalized spacial score (nSPS) is 11.5. The quantitative estimate of drug-likeness (QED) is 0.942. The molecule has 5 nitrogen and oxygen atoms in total. The summed E-state index contributed by atoms with van der Waals surface area (Å²) in [6, 6.07) is 7.66. The average molecular weight is 288 g/mol. The SMILES string of the molecule is COc1c(C(=O)O)c(C(C)(C)C)nn1-c1ccccc1C. The molecule has 0 aliphatic rings. The molecule has 0 aliphatic carbocycles. The van der Waals surface area contributed by atoms with Gasteiger partial charge in [0.2, 0.25) is 5.88 Å². The van der Waals surface area contributed by atoms with Crippen molar-refractivity contribution >= 4 is 5.97 Å². The van der Waals surface area contributed by atoms with Gasteiger partial charge in [0.25, 0.3) is 0 Å². The number of aryl methyl sites for hydroxylation is 1. The zero-order chi connectivity index (χ0) is 15.8. The molecule has 0 aliphatic heterocycles. The fraction of sp³-hybridized carbons (Fsp3) is 0.375. The Balaban J connectivity index is 2.80. The molecular formula is C16H20N2O3. The number of rotatable bonds is 3. The first kappa shape index (κ1) is 15.1. The number of hydrogen-bond donors (Lipinski definition) is 1. The van der Waals surface area contributed by atoms with Gasteiger partial charge in [-0.25, -0.2) is 4.79 Å². The molecule has 2 rings (SSSR count). The lowest BCUT2D eigenvalue weighted by atomic mass is 9.89. The van der Waals surface area contributed by atoms with Crippen molar-refractivity contribution in [2.45, 2.75) is 33.1 Å². The molecule has 0 bridgehead atoms. The van der Waals surface area contributed by atoms with Crippen LogP contribution in [0.1, 0.15) is 42.4 Å². The van der Waals surface area contributed by atoms with Crippen LogP contribution in [-0.4, -0.2) is 28.0 Å². The van der Waals surface area contributed by atoms with Crippen molar-refractivity contribution in [2.24, 2.45) is 0 Å². The van der Waals surface area contributed by atoms with Gasteiger partial charge >= 0.3 is 5.97 Å². The minimum Gasteiger partial charge on any atom is -0.480 e. The molecule has 0 atom stereocenters. The summed E-state index contributed by atoms with van der Waals surface area (Å²) in [6.07, 6.45) is 0. The van der Waals surface area contributed by atoms with Crippen molar-refractivity contribution in [3.05, 3.63) is 41.1 Å². The monoisotopic (exact) mass is 288 g/mol. The van der Waals surface area contributed by atoms with Crippen LogP contribution >= 0.6 is 0 Å². The van der Waals surface area contributed by atoms with Crippen molar-refractivity contribution in [1.82, 2.24) is 9.78 Å². The van der Waals surface area contributed by atoms with E-state index in [0.29, 0.717) is 5.69 Å². The predicted molar refractivity (Wildman–Crippen MR) is 80.5 cm³/mol. The first-order chi connectivity index (χ1) is 9.77. The van der Waals surface area contributed by atoms with E-state index in [4.69, 9.17) is 4.74 Å².